The Morgan fingerprint density at radius 2 is 1.88 bits per heavy atom. The number of para-hydroxylation sites is 1. The van der Waals surface area contributed by atoms with Crippen LogP contribution in [0.4, 0.5) is 17.3 Å². The minimum Gasteiger partial charge on any atom is -0.497 e. The van der Waals surface area contributed by atoms with E-state index in [1.54, 1.807) is 31.3 Å². The summed E-state index contributed by atoms with van der Waals surface area (Å²) in [5, 5.41) is 3.08. The van der Waals surface area contributed by atoms with Crippen LogP contribution in [0.15, 0.2) is 66.9 Å². The lowest BCUT2D eigenvalue weighted by Crippen LogP contribution is -2.27. The summed E-state index contributed by atoms with van der Waals surface area (Å²) in [5.74, 6) is 0.865. The molecule has 0 saturated heterocycles. The lowest BCUT2D eigenvalue weighted by molar-refractivity contribution is 0.0988. The molecule has 0 radical (unpaired) electrons. The van der Waals surface area contributed by atoms with E-state index in [0.717, 1.165) is 17.1 Å². The van der Waals surface area contributed by atoms with Crippen molar-refractivity contribution in [3.63, 3.8) is 0 Å². The Hall–Kier alpha value is -3.41. The van der Waals surface area contributed by atoms with Crippen LogP contribution < -0.4 is 15.0 Å². The number of nitrogens with zero attached hydrogens (tertiary/aromatic N) is 3. The molecule has 0 atom stereocenters. The molecule has 0 saturated carbocycles. The van der Waals surface area contributed by atoms with E-state index in [0.29, 0.717) is 11.6 Å². The summed E-state index contributed by atoms with van der Waals surface area (Å²) in [4.78, 5) is 22.7. The average Bonchev–Trinajstić information content (AvgIpc) is 2.68. The highest BCUT2D eigenvalue weighted by atomic mass is 16.5. The Morgan fingerprint density at radius 3 is 2.64 bits per heavy atom. The fourth-order valence-corrected chi connectivity index (χ4v) is 2.31. The summed E-state index contributed by atoms with van der Waals surface area (Å²) in [7, 11) is 3.32. The number of nitrogens with one attached hydrogen (secondary N) is 1. The summed E-state index contributed by atoms with van der Waals surface area (Å²) in [5.41, 5.74) is 1.89. The molecule has 0 aliphatic heterocycles. The Kier molecular flexibility index (Phi) is 4.89. The summed E-state index contributed by atoms with van der Waals surface area (Å²) in [6.45, 7) is 0. The number of amides is 1. The molecule has 0 fully saturated rings. The molecule has 126 valence electrons. The lowest BCUT2D eigenvalue weighted by atomic mass is 10.2. The predicted molar refractivity (Wildman–Crippen MR) is 97.5 cm³/mol. The van der Waals surface area contributed by atoms with Crippen LogP contribution in [-0.2, 0) is 0 Å². The highest BCUT2D eigenvalue weighted by Crippen LogP contribution is 2.20. The highest BCUT2D eigenvalue weighted by Gasteiger charge is 2.15. The molecule has 1 N–H and O–H groups in total. The fraction of sp³-hybridized carbons (Fsp3) is 0.105. The summed E-state index contributed by atoms with van der Waals surface area (Å²) >= 11 is 0. The number of carbonyl (C=O) groups is 1. The van der Waals surface area contributed by atoms with E-state index in [2.05, 4.69) is 15.3 Å². The number of hydrogen-bond donors (Lipinski definition) is 1. The second-order valence-corrected chi connectivity index (χ2v) is 5.32. The van der Waals surface area contributed by atoms with Crippen molar-refractivity contribution >= 4 is 23.2 Å². The summed E-state index contributed by atoms with van der Waals surface area (Å²) in [6.07, 6.45) is 1.56. The van der Waals surface area contributed by atoms with Crippen LogP contribution in [0.1, 0.15) is 10.5 Å². The maximum absolute atomic E-state index is 12.6. The van der Waals surface area contributed by atoms with E-state index in [-0.39, 0.29) is 5.91 Å². The maximum Gasteiger partial charge on any atom is 0.276 e. The van der Waals surface area contributed by atoms with Gasteiger partial charge in [0.25, 0.3) is 5.91 Å². The number of methoxy groups -OCH3 is 1. The molecule has 0 aliphatic rings. The lowest BCUT2D eigenvalue weighted by Gasteiger charge is -2.17. The molecule has 1 amide bonds. The zero-order chi connectivity index (χ0) is 17.6. The molecule has 0 aliphatic carbocycles. The summed E-state index contributed by atoms with van der Waals surface area (Å²) in [6, 6.07) is 18.4. The van der Waals surface area contributed by atoms with Crippen LogP contribution >= 0.6 is 0 Å². The highest BCUT2D eigenvalue weighted by molar-refractivity contribution is 6.04. The van der Waals surface area contributed by atoms with Gasteiger partial charge in [0.2, 0.25) is 5.95 Å². The van der Waals surface area contributed by atoms with Crippen LogP contribution in [0, 0.1) is 0 Å². The Morgan fingerprint density at radius 1 is 1.08 bits per heavy atom. The number of ether oxygens (including phenoxy) is 1. The first kappa shape index (κ1) is 16.4. The standard InChI is InChI=1S/C19H18N4O2/c1-23(15-8-4-3-5-9-15)18(24)17-11-12-20-19(22-17)21-14-7-6-10-16(13-14)25-2/h3-13H,1-2H3,(H,20,21,22). The van der Waals surface area contributed by atoms with Gasteiger partial charge in [0.05, 0.1) is 7.11 Å². The maximum atomic E-state index is 12.6. The second-order valence-electron chi connectivity index (χ2n) is 5.32. The Balaban J connectivity index is 1.80. The largest absolute Gasteiger partial charge is 0.497 e. The van der Waals surface area contributed by atoms with E-state index in [4.69, 9.17) is 4.74 Å². The van der Waals surface area contributed by atoms with Gasteiger partial charge in [0.1, 0.15) is 11.4 Å². The van der Waals surface area contributed by atoms with Gasteiger partial charge in [-0.1, -0.05) is 24.3 Å². The molecule has 0 bridgehead atoms. The molecule has 25 heavy (non-hydrogen) atoms. The van der Waals surface area contributed by atoms with Crippen LogP contribution in [-0.4, -0.2) is 30.0 Å². The minimum atomic E-state index is -0.206. The van der Waals surface area contributed by atoms with Gasteiger partial charge in [-0.25, -0.2) is 9.97 Å². The zero-order valence-corrected chi connectivity index (χ0v) is 14.0. The van der Waals surface area contributed by atoms with Crippen molar-refractivity contribution in [2.24, 2.45) is 0 Å². The number of rotatable bonds is 5. The first-order valence-corrected chi connectivity index (χ1v) is 7.74. The fourth-order valence-electron chi connectivity index (χ4n) is 2.31. The van der Waals surface area contributed by atoms with Gasteiger partial charge in [-0.3, -0.25) is 4.79 Å². The van der Waals surface area contributed by atoms with Crippen molar-refractivity contribution in [1.29, 1.82) is 0 Å². The third-order valence-corrected chi connectivity index (χ3v) is 3.65. The Labute approximate surface area is 146 Å². The molecule has 6 heteroatoms. The van der Waals surface area contributed by atoms with Gasteiger partial charge >= 0.3 is 0 Å². The molecule has 0 spiro atoms. The van der Waals surface area contributed by atoms with Gasteiger partial charge in [0.15, 0.2) is 0 Å². The van der Waals surface area contributed by atoms with E-state index < -0.39 is 0 Å². The van der Waals surface area contributed by atoms with Gasteiger partial charge in [-0.15, -0.1) is 0 Å². The number of hydrogen-bond acceptors (Lipinski definition) is 5. The van der Waals surface area contributed by atoms with E-state index in [1.165, 1.54) is 0 Å². The normalized spacial score (nSPS) is 10.2. The molecule has 6 nitrogen and oxygen atoms in total. The van der Waals surface area contributed by atoms with Gasteiger partial charge < -0.3 is 15.0 Å². The van der Waals surface area contributed by atoms with Crippen LogP contribution in [0.25, 0.3) is 0 Å². The van der Waals surface area contributed by atoms with Crippen molar-refractivity contribution in [3.8, 4) is 5.75 Å². The van der Waals surface area contributed by atoms with Crippen LogP contribution in [0.2, 0.25) is 0 Å². The molecular formula is C19H18N4O2. The van der Waals surface area contributed by atoms with Crippen LogP contribution in [0.5, 0.6) is 5.75 Å². The summed E-state index contributed by atoms with van der Waals surface area (Å²) < 4.78 is 5.19. The third-order valence-electron chi connectivity index (χ3n) is 3.65. The third kappa shape index (κ3) is 3.92. The monoisotopic (exact) mass is 334 g/mol. The van der Waals surface area contributed by atoms with Crippen molar-refractivity contribution < 1.29 is 9.53 Å². The van der Waals surface area contributed by atoms with Crippen LogP contribution in [0.3, 0.4) is 0 Å². The average molecular weight is 334 g/mol. The van der Waals surface area contributed by atoms with E-state index >= 15 is 0 Å². The molecular weight excluding hydrogens is 316 g/mol. The van der Waals surface area contributed by atoms with Gasteiger partial charge in [-0.05, 0) is 30.3 Å². The molecule has 3 rings (SSSR count). The van der Waals surface area contributed by atoms with Crippen molar-refractivity contribution in [2.45, 2.75) is 0 Å². The van der Waals surface area contributed by atoms with E-state index in [1.807, 2.05) is 54.6 Å². The predicted octanol–water partition coefficient (Wildman–Crippen LogP) is 3.51. The molecule has 1 heterocycles. The molecule has 1 aromatic heterocycles. The molecule has 0 unspecified atom stereocenters. The first-order valence-electron chi connectivity index (χ1n) is 7.74. The van der Waals surface area contributed by atoms with Gasteiger partial charge in [0, 0.05) is 30.7 Å². The first-order chi connectivity index (χ1) is 12.2. The van der Waals surface area contributed by atoms with Gasteiger partial charge in [-0.2, -0.15) is 0 Å². The number of aromatic nitrogens is 2. The SMILES string of the molecule is COc1cccc(Nc2nccc(C(=O)N(C)c3ccccc3)n2)c1. The number of benzene rings is 2. The molecule has 3 aromatic rings. The van der Waals surface area contributed by atoms with Crippen molar-refractivity contribution in [3.05, 3.63) is 72.6 Å². The second kappa shape index (κ2) is 7.44. The Bertz CT molecular complexity index is 868. The quantitative estimate of drug-likeness (QED) is 0.773. The smallest absolute Gasteiger partial charge is 0.276 e. The topological polar surface area (TPSA) is 67.3 Å². The van der Waals surface area contributed by atoms with E-state index in [9.17, 15) is 4.79 Å². The minimum absolute atomic E-state index is 0.206. The number of carbonyl (C=O) groups excluding carboxylic acids is 1. The van der Waals surface area contributed by atoms with Crippen molar-refractivity contribution in [2.75, 3.05) is 24.4 Å². The van der Waals surface area contributed by atoms with Crippen molar-refractivity contribution in [1.82, 2.24) is 9.97 Å². The molecule has 2 aromatic carbocycles. The zero-order valence-electron chi connectivity index (χ0n) is 14.0. The number of anilines is 3.